The molecule has 0 aliphatic heterocycles. The van der Waals surface area contributed by atoms with Crippen LogP contribution < -0.4 is 5.32 Å². The van der Waals surface area contributed by atoms with Crippen molar-refractivity contribution in [3.63, 3.8) is 0 Å². The van der Waals surface area contributed by atoms with Crippen molar-refractivity contribution in [2.45, 2.75) is 32.6 Å². The number of nitro benzene ring substituents is 1. The van der Waals surface area contributed by atoms with Gasteiger partial charge in [0.15, 0.2) is 0 Å². The largest absolute Gasteiger partial charge is 0.352 e. The van der Waals surface area contributed by atoms with E-state index >= 15 is 0 Å². The molecule has 0 radical (unpaired) electrons. The van der Waals surface area contributed by atoms with Gasteiger partial charge in [0.1, 0.15) is 0 Å². The van der Waals surface area contributed by atoms with Gasteiger partial charge in [0.25, 0.3) is 11.6 Å². The lowest BCUT2D eigenvalue weighted by molar-refractivity contribution is -0.385. The highest BCUT2D eigenvalue weighted by Crippen LogP contribution is 2.28. The monoisotopic (exact) mass is 354 g/mol. The van der Waals surface area contributed by atoms with E-state index in [2.05, 4.69) is 28.2 Å². The lowest BCUT2D eigenvalue weighted by Gasteiger charge is -2.26. The zero-order chi connectivity index (χ0) is 15.4. The topological polar surface area (TPSA) is 72.2 Å². The molecule has 0 aromatic heterocycles. The smallest absolute Gasteiger partial charge is 0.284 e. The predicted molar refractivity (Wildman–Crippen MR) is 84.3 cm³/mol. The van der Waals surface area contributed by atoms with Crippen LogP contribution in [0.4, 0.5) is 5.69 Å². The van der Waals surface area contributed by atoms with E-state index in [1.54, 1.807) is 6.07 Å². The van der Waals surface area contributed by atoms with Crippen molar-refractivity contribution in [2.24, 2.45) is 11.8 Å². The number of benzene rings is 1. The van der Waals surface area contributed by atoms with Gasteiger partial charge in [-0.05, 0) is 52.7 Å². The van der Waals surface area contributed by atoms with Crippen LogP contribution in [0.25, 0.3) is 0 Å². The van der Waals surface area contributed by atoms with Crippen LogP contribution in [0, 0.1) is 22.0 Å². The Bertz CT molecular complexity index is 540. The Morgan fingerprint density at radius 3 is 2.67 bits per heavy atom. The summed E-state index contributed by atoms with van der Waals surface area (Å²) in [6.07, 6.45) is 4.71. The first kappa shape index (κ1) is 15.9. The Hall–Kier alpha value is -1.43. The second-order valence-corrected chi connectivity index (χ2v) is 6.61. The van der Waals surface area contributed by atoms with Crippen LogP contribution in [-0.2, 0) is 0 Å². The minimum Gasteiger partial charge on any atom is -0.352 e. The van der Waals surface area contributed by atoms with Gasteiger partial charge in [-0.25, -0.2) is 0 Å². The van der Waals surface area contributed by atoms with Crippen LogP contribution in [0.3, 0.4) is 0 Å². The van der Waals surface area contributed by atoms with Crippen LogP contribution in [0.1, 0.15) is 43.0 Å². The molecule has 1 saturated carbocycles. The maximum atomic E-state index is 12.1. The number of halogens is 1. The van der Waals surface area contributed by atoms with E-state index in [4.69, 9.17) is 0 Å². The Balaban J connectivity index is 1.94. The van der Waals surface area contributed by atoms with Crippen molar-refractivity contribution in [3.8, 4) is 0 Å². The molecule has 0 heterocycles. The van der Waals surface area contributed by atoms with Crippen molar-refractivity contribution in [3.05, 3.63) is 38.3 Å². The van der Waals surface area contributed by atoms with Gasteiger partial charge < -0.3 is 5.32 Å². The number of rotatable bonds is 4. The molecule has 1 fully saturated rings. The Morgan fingerprint density at radius 2 is 2.05 bits per heavy atom. The number of nitro groups is 1. The minimum atomic E-state index is -0.497. The van der Waals surface area contributed by atoms with Gasteiger partial charge >= 0.3 is 0 Å². The van der Waals surface area contributed by atoms with Crippen LogP contribution in [0.5, 0.6) is 0 Å². The molecule has 1 aliphatic carbocycles. The van der Waals surface area contributed by atoms with Crippen LogP contribution in [0.2, 0.25) is 0 Å². The third kappa shape index (κ3) is 4.27. The summed E-state index contributed by atoms with van der Waals surface area (Å²) in [5, 5.41) is 13.8. The first-order valence-corrected chi connectivity index (χ1v) is 7.99. The standard InChI is InChI=1S/C15H19BrN2O3/c1-10-2-4-11(5-3-10)9-17-15(19)12-6-7-13(16)14(8-12)18(20)21/h6-8,10-11H,2-5,9H2,1H3,(H,17,19). The molecule has 0 unspecified atom stereocenters. The van der Waals surface area contributed by atoms with E-state index in [1.165, 1.54) is 25.0 Å². The molecule has 5 nitrogen and oxygen atoms in total. The lowest BCUT2D eigenvalue weighted by Crippen LogP contribution is -2.31. The second-order valence-electron chi connectivity index (χ2n) is 5.76. The fraction of sp³-hybridized carbons (Fsp3) is 0.533. The minimum absolute atomic E-state index is 0.0888. The molecular formula is C15H19BrN2O3. The SMILES string of the molecule is CC1CCC(CNC(=O)c2ccc(Br)c([N+](=O)[O-])c2)CC1. The summed E-state index contributed by atoms with van der Waals surface area (Å²) >= 11 is 3.11. The van der Waals surface area contributed by atoms with E-state index in [9.17, 15) is 14.9 Å². The molecule has 21 heavy (non-hydrogen) atoms. The molecule has 2 rings (SSSR count). The van der Waals surface area contributed by atoms with Crippen LogP contribution in [-0.4, -0.2) is 17.4 Å². The summed E-state index contributed by atoms with van der Waals surface area (Å²) in [6, 6.07) is 4.44. The molecule has 0 saturated heterocycles. The molecule has 0 bridgehead atoms. The highest BCUT2D eigenvalue weighted by atomic mass is 79.9. The van der Waals surface area contributed by atoms with Gasteiger partial charge in [0.2, 0.25) is 0 Å². The maximum Gasteiger partial charge on any atom is 0.284 e. The average Bonchev–Trinajstić information content (AvgIpc) is 2.46. The third-order valence-electron chi connectivity index (χ3n) is 4.09. The Kier molecular flexibility index (Phi) is 5.33. The van der Waals surface area contributed by atoms with Gasteiger partial charge in [0, 0.05) is 18.2 Å². The lowest BCUT2D eigenvalue weighted by atomic mass is 9.83. The number of nitrogens with zero attached hydrogens (tertiary/aromatic N) is 1. The molecule has 1 amide bonds. The van der Waals surface area contributed by atoms with E-state index in [0.29, 0.717) is 22.5 Å². The summed E-state index contributed by atoms with van der Waals surface area (Å²) in [6.45, 7) is 2.91. The zero-order valence-electron chi connectivity index (χ0n) is 12.0. The average molecular weight is 355 g/mol. The van der Waals surface area contributed by atoms with Crippen LogP contribution >= 0.6 is 15.9 Å². The number of nitrogens with one attached hydrogen (secondary N) is 1. The van der Waals surface area contributed by atoms with Gasteiger partial charge in [-0.15, -0.1) is 0 Å². The van der Waals surface area contributed by atoms with Crippen molar-refractivity contribution in [2.75, 3.05) is 6.54 Å². The third-order valence-corrected chi connectivity index (χ3v) is 4.76. The van der Waals surface area contributed by atoms with E-state index in [-0.39, 0.29) is 11.6 Å². The second kappa shape index (κ2) is 7.02. The molecule has 1 aromatic rings. The highest BCUT2D eigenvalue weighted by molar-refractivity contribution is 9.10. The summed E-state index contributed by atoms with van der Waals surface area (Å²) < 4.78 is 0.380. The quantitative estimate of drug-likeness (QED) is 0.657. The molecule has 114 valence electrons. The molecule has 0 spiro atoms. The first-order chi connectivity index (χ1) is 9.97. The van der Waals surface area contributed by atoms with Gasteiger partial charge in [0.05, 0.1) is 9.40 Å². The van der Waals surface area contributed by atoms with E-state index in [1.807, 2.05) is 0 Å². The van der Waals surface area contributed by atoms with Gasteiger partial charge in [-0.3, -0.25) is 14.9 Å². The highest BCUT2D eigenvalue weighted by Gasteiger charge is 2.20. The fourth-order valence-corrected chi connectivity index (χ4v) is 3.06. The fourth-order valence-electron chi connectivity index (χ4n) is 2.67. The molecule has 1 aromatic carbocycles. The molecule has 1 aliphatic rings. The van der Waals surface area contributed by atoms with Crippen molar-refractivity contribution in [1.29, 1.82) is 0 Å². The number of amides is 1. The number of carbonyl (C=O) groups is 1. The van der Waals surface area contributed by atoms with Crippen molar-refractivity contribution < 1.29 is 9.72 Å². The van der Waals surface area contributed by atoms with Gasteiger partial charge in [-0.1, -0.05) is 19.8 Å². The number of carbonyl (C=O) groups excluding carboxylic acids is 1. The Labute approximate surface area is 132 Å². The molecule has 6 heteroatoms. The molecule has 0 atom stereocenters. The number of hydrogen-bond donors (Lipinski definition) is 1. The zero-order valence-corrected chi connectivity index (χ0v) is 13.6. The molecular weight excluding hydrogens is 336 g/mol. The molecule has 1 N–H and O–H groups in total. The van der Waals surface area contributed by atoms with Crippen LogP contribution in [0.15, 0.2) is 22.7 Å². The summed E-state index contributed by atoms with van der Waals surface area (Å²) in [7, 11) is 0. The van der Waals surface area contributed by atoms with Gasteiger partial charge in [-0.2, -0.15) is 0 Å². The Morgan fingerprint density at radius 1 is 1.38 bits per heavy atom. The van der Waals surface area contributed by atoms with Crippen molar-refractivity contribution >= 4 is 27.5 Å². The van der Waals surface area contributed by atoms with Crippen molar-refractivity contribution in [1.82, 2.24) is 5.32 Å². The summed E-state index contributed by atoms with van der Waals surface area (Å²) in [4.78, 5) is 22.5. The normalized spacial score (nSPS) is 21.8. The maximum absolute atomic E-state index is 12.1. The van der Waals surface area contributed by atoms with E-state index in [0.717, 1.165) is 18.8 Å². The summed E-state index contributed by atoms with van der Waals surface area (Å²) in [5.74, 6) is 1.06. The van der Waals surface area contributed by atoms with E-state index < -0.39 is 4.92 Å². The predicted octanol–water partition coefficient (Wildman–Crippen LogP) is 3.91. The first-order valence-electron chi connectivity index (χ1n) is 7.19. The summed E-state index contributed by atoms with van der Waals surface area (Å²) in [5.41, 5.74) is 0.239. The number of hydrogen-bond acceptors (Lipinski definition) is 3.